The van der Waals surface area contributed by atoms with E-state index in [-0.39, 0.29) is 0 Å². The van der Waals surface area contributed by atoms with Gasteiger partial charge in [-0.25, -0.2) is 9.67 Å². The van der Waals surface area contributed by atoms with Crippen LogP contribution in [0.3, 0.4) is 0 Å². The Hall–Kier alpha value is -1.54. The van der Waals surface area contributed by atoms with Crippen molar-refractivity contribution in [3.05, 3.63) is 41.3 Å². The van der Waals surface area contributed by atoms with E-state index in [1.54, 1.807) is 27.5 Å². The summed E-state index contributed by atoms with van der Waals surface area (Å²) >= 11 is 0. The van der Waals surface area contributed by atoms with E-state index in [2.05, 4.69) is 17.0 Å². The Kier molecular flexibility index (Phi) is 6.06. The minimum absolute atomic E-state index is 0.782. The van der Waals surface area contributed by atoms with Crippen molar-refractivity contribution in [2.75, 3.05) is 21.3 Å². The molecule has 0 atom stereocenters. The zero-order valence-corrected chi connectivity index (χ0v) is 15.5. The lowest BCUT2D eigenvalue weighted by molar-refractivity contribution is 0.123. The Morgan fingerprint density at radius 3 is 2.35 bits per heavy atom. The van der Waals surface area contributed by atoms with Crippen LogP contribution in [0.25, 0.3) is 5.82 Å². The van der Waals surface area contributed by atoms with Gasteiger partial charge in [-0.15, -0.1) is 0 Å². The molecular weight excluding hydrogens is 310 g/mol. The van der Waals surface area contributed by atoms with E-state index < -0.39 is 8.80 Å². The van der Waals surface area contributed by atoms with Crippen LogP contribution in [0, 0.1) is 13.8 Å². The van der Waals surface area contributed by atoms with E-state index in [0.29, 0.717) is 0 Å². The summed E-state index contributed by atoms with van der Waals surface area (Å²) in [7, 11) is 2.44. The fourth-order valence-electron chi connectivity index (χ4n) is 2.78. The average molecular weight is 335 g/mol. The first-order valence-electron chi connectivity index (χ1n) is 7.69. The minimum atomic E-state index is -2.50. The number of hydrogen-bond acceptors (Lipinski definition) is 5. The molecule has 6 nitrogen and oxygen atoms in total. The highest BCUT2D eigenvalue weighted by Crippen LogP contribution is 2.22. The molecule has 23 heavy (non-hydrogen) atoms. The second-order valence-corrected chi connectivity index (χ2v) is 8.49. The molecule has 0 fully saturated rings. The molecule has 0 N–H and O–H groups in total. The third-order valence-electron chi connectivity index (χ3n) is 4.15. The lowest BCUT2D eigenvalue weighted by Crippen LogP contribution is -2.42. The van der Waals surface area contributed by atoms with Crippen molar-refractivity contribution in [1.82, 2.24) is 14.8 Å². The van der Waals surface area contributed by atoms with Gasteiger partial charge in [0.25, 0.3) is 0 Å². The molecule has 2 heterocycles. The lowest BCUT2D eigenvalue weighted by atomic mass is 10.1. The molecule has 0 aromatic carbocycles. The molecule has 0 spiro atoms. The van der Waals surface area contributed by atoms with Crippen LogP contribution in [-0.2, 0) is 19.7 Å². The summed E-state index contributed by atoms with van der Waals surface area (Å²) in [6.45, 7) is 4.12. The van der Waals surface area contributed by atoms with Crippen molar-refractivity contribution in [1.29, 1.82) is 0 Å². The smallest absolute Gasteiger partial charge is 0.377 e. The van der Waals surface area contributed by atoms with E-state index in [1.807, 2.05) is 29.8 Å². The first-order chi connectivity index (χ1) is 11.1. The van der Waals surface area contributed by atoms with Crippen LogP contribution in [0.4, 0.5) is 0 Å². The van der Waals surface area contributed by atoms with Crippen molar-refractivity contribution in [3.8, 4) is 5.82 Å². The highest BCUT2D eigenvalue weighted by molar-refractivity contribution is 6.60. The van der Waals surface area contributed by atoms with Gasteiger partial charge in [-0.3, -0.25) is 0 Å². The average Bonchev–Trinajstić information content (AvgIpc) is 2.88. The second-order valence-electron chi connectivity index (χ2n) is 5.40. The van der Waals surface area contributed by atoms with Crippen molar-refractivity contribution in [2.45, 2.75) is 32.7 Å². The highest BCUT2D eigenvalue weighted by atomic mass is 28.4. The lowest BCUT2D eigenvalue weighted by Gasteiger charge is -2.24. The van der Waals surface area contributed by atoms with E-state index >= 15 is 0 Å². The molecule has 0 saturated heterocycles. The summed E-state index contributed by atoms with van der Waals surface area (Å²) in [5.74, 6) is 0.841. The molecule has 0 unspecified atom stereocenters. The molecular formula is C16H25N3O3Si. The Balaban J connectivity index is 2.11. The molecule has 2 rings (SSSR count). The highest BCUT2D eigenvalue weighted by Gasteiger charge is 2.37. The Bertz CT molecular complexity index is 619. The largest absolute Gasteiger partial charge is 0.500 e. The van der Waals surface area contributed by atoms with Gasteiger partial charge in [0, 0.05) is 39.3 Å². The zero-order chi connectivity index (χ0) is 16.9. The summed E-state index contributed by atoms with van der Waals surface area (Å²) < 4.78 is 18.3. The van der Waals surface area contributed by atoms with E-state index in [9.17, 15) is 0 Å². The van der Waals surface area contributed by atoms with Crippen LogP contribution >= 0.6 is 0 Å². The summed E-state index contributed by atoms with van der Waals surface area (Å²) in [5.41, 5.74) is 3.41. The maximum Gasteiger partial charge on any atom is 0.500 e. The summed E-state index contributed by atoms with van der Waals surface area (Å²) in [5, 5.41) is 4.63. The molecule has 0 aliphatic rings. The number of rotatable bonds is 8. The van der Waals surface area contributed by atoms with E-state index in [0.717, 1.165) is 36.1 Å². The topological polar surface area (TPSA) is 58.4 Å². The predicted molar refractivity (Wildman–Crippen MR) is 90.7 cm³/mol. The number of hydrogen-bond donors (Lipinski definition) is 0. The van der Waals surface area contributed by atoms with Crippen molar-refractivity contribution < 1.29 is 13.3 Å². The monoisotopic (exact) mass is 335 g/mol. The van der Waals surface area contributed by atoms with Crippen LogP contribution in [0.2, 0.25) is 6.04 Å². The standard InChI is InChI=1S/C16H25N3O3Si/c1-13-15(9-8-12-23(20-3,21-4)22-5)14(2)19(18-13)16-10-6-7-11-17-16/h6-7,10-11H,8-9,12H2,1-5H3. The third-order valence-corrected chi connectivity index (χ3v) is 6.98. The maximum atomic E-state index is 5.47. The SMILES string of the molecule is CO[Si](CCCc1c(C)nn(-c2ccccn2)c1C)(OC)OC. The molecule has 2 aromatic rings. The summed E-state index contributed by atoms with van der Waals surface area (Å²) in [6, 6.07) is 6.61. The number of aromatic nitrogens is 3. The van der Waals surface area contributed by atoms with Crippen LogP contribution < -0.4 is 0 Å². The van der Waals surface area contributed by atoms with Gasteiger partial charge >= 0.3 is 8.80 Å². The van der Waals surface area contributed by atoms with Crippen LogP contribution in [0.15, 0.2) is 24.4 Å². The molecule has 0 radical (unpaired) electrons. The minimum Gasteiger partial charge on any atom is -0.377 e. The second kappa shape index (κ2) is 7.83. The first kappa shape index (κ1) is 17.8. The third kappa shape index (κ3) is 3.87. The van der Waals surface area contributed by atoms with Gasteiger partial charge in [0.05, 0.1) is 5.69 Å². The fourth-order valence-corrected chi connectivity index (χ4v) is 4.50. The fraction of sp³-hybridized carbons (Fsp3) is 0.500. The molecule has 7 heteroatoms. The summed E-state index contributed by atoms with van der Waals surface area (Å²) in [6.07, 6.45) is 3.62. The molecule has 0 aliphatic carbocycles. The van der Waals surface area contributed by atoms with Gasteiger partial charge in [-0.1, -0.05) is 6.07 Å². The number of nitrogens with zero attached hydrogens (tertiary/aromatic N) is 3. The predicted octanol–water partition coefficient (Wildman–Crippen LogP) is 2.69. The van der Waals surface area contributed by atoms with Crippen molar-refractivity contribution >= 4 is 8.80 Å². The Morgan fingerprint density at radius 2 is 1.78 bits per heavy atom. The molecule has 0 bridgehead atoms. The van der Waals surface area contributed by atoms with Gasteiger partial charge in [-0.2, -0.15) is 5.10 Å². The molecule has 0 aliphatic heterocycles. The molecule has 0 amide bonds. The Morgan fingerprint density at radius 1 is 1.09 bits per heavy atom. The quantitative estimate of drug-likeness (QED) is 0.694. The Labute approximate surface area is 138 Å². The van der Waals surface area contributed by atoms with Gasteiger partial charge in [0.15, 0.2) is 5.82 Å². The van der Waals surface area contributed by atoms with E-state index in [1.165, 1.54) is 5.56 Å². The van der Waals surface area contributed by atoms with Gasteiger partial charge < -0.3 is 13.3 Å². The zero-order valence-electron chi connectivity index (χ0n) is 14.5. The number of aryl methyl sites for hydroxylation is 1. The van der Waals surface area contributed by atoms with E-state index in [4.69, 9.17) is 13.3 Å². The molecule has 126 valence electrons. The van der Waals surface area contributed by atoms with Crippen molar-refractivity contribution in [2.24, 2.45) is 0 Å². The molecule has 0 saturated carbocycles. The van der Waals surface area contributed by atoms with Crippen LogP contribution in [0.1, 0.15) is 23.4 Å². The number of pyridine rings is 1. The molecule has 2 aromatic heterocycles. The van der Waals surface area contributed by atoms with Crippen LogP contribution in [-0.4, -0.2) is 44.9 Å². The maximum absolute atomic E-state index is 5.47. The van der Waals surface area contributed by atoms with Gasteiger partial charge in [0.2, 0.25) is 0 Å². The first-order valence-corrected chi connectivity index (χ1v) is 9.62. The van der Waals surface area contributed by atoms with Crippen molar-refractivity contribution in [3.63, 3.8) is 0 Å². The van der Waals surface area contributed by atoms with Gasteiger partial charge in [0.1, 0.15) is 0 Å². The normalized spacial score (nSPS) is 11.9. The van der Waals surface area contributed by atoms with Crippen LogP contribution in [0.5, 0.6) is 0 Å². The van der Waals surface area contributed by atoms with Gasteiger partial charge in [-0.05, 0) is 44.4 Å². The summed E-state index contributed by atoms with van der Waals surface area (Å²) in [4.78, 5) is 4.37.